The van der Waals surface area contributed by atoms with E-state index in [9.17, 15) is 9.59 Å². The number of fused-ring (bicyclic) bond motifs is 1. The molecule has 0 bridgehead atoms. The van der Waals surface area contributed by atoms with Crippen LogP contribution >= 0.6 is 0 Å². The van der Waals surface area contributed by atoms with Crippen LogP contribution in [0.2, 0.25) is 0 Å². The quantitative estimate of drug-likeness (QED) is 0.358. The van der Waals surface area contributed by atoms with Crippen LogP contribution in [0.1, 0.15) is 24.2 Å². The normalized spacial score (nSPS) is 10.9. The van der Waals surface area contributed by atoms with Crippen LogP contribution in [0, 0.1) is 5.92 Å². The summed E-state index contributed by atoms with van der Waals surface area (Å²) >= 11 is 0. The summed E-state index contributed by atoms with van der Waals surface area (Å²) in [7, 11) is 3.22. The molecule has 3 N–H and O–H groups in total. The zero-order valence-electron chi connectivity index (χ0n) is 19.4. The second-order valence-electron chi connectivity index (χ2n) is 8.08. The number of nitrogens with one attached hydrogen (secondary N) is 3. The van der Waals surface area contributed by atoms with Crippen LogP contribution in [0.5, 0.6) is 11.5 Å². The van der Waals surface area contributed by atoms with Crippen LogP contribution in [-0.2, 0) is 4.79 Å². The van der Waals surface area contributed by atoms with Crippen molar-refractivity contribution in [1.29, 1.82) is 0 Å². The van der Waals surface area contributed by atoms with Crippen molar-refractivity contribution < 1.29 is 19.1 Å². The van der Waals surface area contributed by atoms with E-state index in [0.29, 0.717) is 28.6 Å². The maximum atomic E-state index is 13.0. The van der Waals surface area contributed by atoms with Gasteiger partial charge in [-0.15, -0.1) is 0 Å². The van der Waals surface area contributed by atoms with Gasteiger partial charge in [0.1, 0.15) is 11.5 Å². The Hall–Kier alpha value is -4.33. The summed E-state index contributed by atoms with van der Waals surface area (Å²) in [6, 6.07) is 18.3. The molecule has 4 rings (SSSR count). The minimum absolute atomic E-state index is 0.160. The highest BCUT2D eigenvalue weighted by atomic mass is 16.5. The van der Waals surface area contributed by atoms with Crippen LogP contribution in [0.15, 0.2) is 60.7 Å². The molecule has 0 spiro atoms. The minimum Gasteiger partial charge on any atom is -0.497 e. The lowest BCUT2D eigenvalue weighted by Crippen LogP contribution is -2.21. The van der Waals surface area contributed by atoms with E-state index in [2.05, 4.69) is 20.8 Å². The number of methoxy groups -OCH3 is 2. The summed E-state index contributed by atoms with van der Waals surface area (Å²) in [6.45, 7) is 3.59. The number of ether oxygens (including phenoxy) is 2. The van der Waals surface area contributed by atoms with Crippen LogP contribution in [0.4, 0.5) is 11.5 Å². The van der Waals surface area contributed by atoms with Crippen molar-refractivity contribution in [2.45, 2.75) is 13.8 Å². The van der Waals surface area contributed by atoms with Gasteiger partial charge in [0, 0.05) is 17.4 Å². The summed E-state index contributed by atoms with van der Waals surface area (Å²) in [5.74, 6) is 1.05. The number of rotatable bonds is 7. The Morgan fingerprint density at radius 1 is 0.882 bits per heavy atom. The molecule has 8 nitrogen and oxygen atoms in total. The number of para-hydroxylation sites is 1. The number of hydrogen-bond donors (Lipinski definition) is 3. The summed E-state index contributed by atoms with van der Waals surface area (Å²) in [5.41, 5.74) is 3.43. The first-order chi connectivity index (χ1) is 16.4. The molecule has 0 saturated carbocycles. The number of carbonyl (C=O) groups excluding carboxylic acids is 2. The average molecular weight is 459 g/mol. The molecule has 3 aromatic carbocycles. The van der Waals surface area contributed by atoms with Gasteiger partial charge >= 0.3 is 0 Å². The highest BCUT2D eigenvalue weighted by molar-refractivity contribution is 6.12. The molecule has 0 saturated heterocycles. The molecule has 0 radical (unpaired) electrons. The third-order valence-electron chi connectivity index (χ3n) is 5.43. The first kappa shape index (κ1) is 22.8. The molecule has 1 aromatic heterocycles. The van der Waals surface area contributed by atoms with Gasteiger partial charge in [0.25, 0.3) is 5.91 Å². The van der Waals surface area contributed by atoms with E-state index >= 15 is 0 Å². The Labute approximate surface area is 197 Å². The van der Waals surface area contributed by atoms with Crippen LogP contribution in [-0.4, -0.2) is 36.2 Å². The average Bonchev–Trinajstić information content (AvgIpc) is 3.25. The Morgan fingerprint density at radius 3 is 2.26 bits per heavy atom. The first-order valence-corrected chi connectivity index (χ1v) is 10.8. The van der Waals surface area contributed by atoms with Gasteiger partial charge in [-0.25, -0.2) is 0 Å². The first-order valence-electron chi connectivity index (χ1n) is 10.8. The van der Waals surface area contributed by atoms with E-state index in [1.165, 1.54) is 0 Å². The van der Waals surface area contributed by atoms with Crippen molar-refractivity contribution >= 4 is 34.2 Å². The fourth-order valence-corrected chi connectivity index (χ4v) is 3.51. The molecule has 174 valence electrons. The zero-order valence-corrected chi connectivity index (χ0v) is 19.4. The molecule has 0 aliphatic carbocycles. The van der Waals surface area contributed by atoms with Gasteiger partial charge < -0.3 is 20.1 Å². The number of anilines is 2. The van der Waals surface area contributed by atoms with Crippen LogP contribution in [0.3, 0.4) is 0 Å². The van der Waals surface area contributed by atoms with Crippen molar-refractivity contribution in [3.63, 3.8) is 0 Å². The summed E-state index contributed by atoms with van der Waals surface area (Å²) < 4.78 is 10.7. The van der Waals surface area contributed by atoms with Gasteiger partial charge in [-0.1, -0.05) is 32.0 Å². The van der Waals surface area contributed by atoms with Crippen molar-refractivity contribution in [1.82, 2.24) is 10.2 Å². The van der Waals surface area contributed by atoms with E-state index in [1.54, 1.807) is 52.3 Å². The predicted octanol–water partition coefficient (Wildman–Crippen LogP) is 5.09. The monoisotopic (exact) mass is 458 g/mol. The number of carbonyl (C=O) groups is 2. The van der Waals surface area contributed by atoms with E-state index in [4.69, 9.17) is 9.47 Å². The fourth-order valence-electron chi connectivity index (χ4n) is 3.51. The van der Waals surface area contributed by atoms with Crippen molar-refractivity contribution in [3.05, 3.63) is 66.2 Å². The molecule has 0 aliphatic rings. The molecule has 0 aliphatic heterocycles. The van der Waals surface area contributed by atoms with E-state index in [1.807, 2.05) is 36.4 Å². The second-order valence-corrected chi connectivity index (χ2v) is 8.08. The molecule has 34 heavy (non-hydrogen) atoms. The Balaban J connectivity index is 1.61. The molecule has 2 amide bonds. The summed E-state index contributed by atoms with van der Waals surface area (Å²) in [6.07, 6.45) is 0. The standard InChI is InChI=1S/C26H26N4O4/c1-15(2)25(31)27-22-8-6-5-7-21(22)26(32)28-24-20-10-9-16(13-23(20)29-30-24)17-11-18(33-3)14-19(12-17)34-4/h5-15H,1-4H3,(H,27,31)(H2,28,29,30,32). The SMILES string of the molecule is COc1cc(OC)cc(-c2ccc3c(NC(=O)c4ccccc4NC(=O)C(C)C)n[nH]c3c2)c1. The number of H-pyrrole nitrogens is 1. The lowest BCUT2D eigenvalue weighted by atomic mass is 10.0. The highest BCUT2D eigenvalue weighted by Crippen LogP contribution is 2.32. The lowest BCUT2D eigenvalue weighted by Gasteiger charge is -2.12. The van der Waals surface area contributed by atoms with Gasteiger partial charge in [-0.3, -0.25) is 14.7 Å². The van der Waals surface area contributed by atoms with Crippen LogP contribution < -0.4 is 20.1 Å². The third kappa shape index (κ3) is 4.71. The molecule has 0 fully saturated rings. The Kier molecular flexibility index (Phi) is 6.49. The zero-order chi connectivity index (χ0) is 24.2. The van der Waals surface area contributed by atoms with E-state index < -0.39 is 0 Å². The predicted molar refractivity (Wildman–Crippen MR) is 132 cm³/mol. The number of nitrogens with zero attached hydrogens (tertiary/aromatic N) is 1. The number of hydrogen-bond acceptors (Lipinski definition) is 5. The molecular formula is C26H26N4O4. The van der Waals surface area contributed by atoms with Crippen molar-refractivity contribution in [2.24, 2.45) is 5.92 Å². The molecule has 0 unspecified atom stereocenters. The third-order valence-corrected chi connectivity index (χ3v) is 5.43. The van der Waals surface area contributed by atoms with Crippen molar-refractivity contribution in [3.8, 4) is 22.6 Å². The van der Waals surface area contributed by atoms with Gasteiger partial charge in [0.15, 0.2) is 5.82 Å². The lowest BCUT2D eigenvalue weighted by molar-refractivity contribution is -0.118. The Bertz CT molecular complexity index is 1340. The number of aromatic amines is 1. The Morgan fingerprint density at radius 2 is 1.59 bits per heavy atom. The van der Waals surface area contributed by atoms with Crippen LogP contribution in [0.25, 0.3) is 22.0 Å². The minimum atomic E-state index is -0.366. The number of amides is 2. The van der Waals surface area contributed by atoms with Gasteiger partial charge in [-0.2, -0.15) is 5.10 Å². The molecular weight excluding hydrogens is 432 g/mol. The van der Waals surface area contributed by atoms with Gasteiger partial charge in [-0.05, 0) is 47.5 Å². The summed E-state index contributed by atoms with van der Waals surface area (Å²) in [5, 5.41) is 13.7. The van der Waals surface area contributed by atoms with Gasteiger partial charge in [0.05, 0.1) is 31.0 Å². The van der Waals surface area contributed by atoms with Gasteiger partial charge in [0.2, 0.25) is 5.91 Å². The maximum Gasteiger partial charge on any atom is 0.258 e. The maximum absolute atomic E-state index is 13.0. The largest absolute Gasteiger partial charge is 0.497 e. The molecule has 8 heteroatoms. The molecule has 4 aromatic rings. The van der Waals surface area contributed by atoms with E-state index in [-0.39, 0.29) is 17.7 Å². The fraction of sp³-hybridized carbons (Fsp3) is 0.192. The topological polar surface area (TPSA) is 105 Å². The highest BCUT2D eigenvalue weighted by Gasteiger charge is 2.17. The summed E-state index contributed by atoms with van der Waals surface area (Å²) in [4.78, 5) is 25.1. The van der Waals surface area contributed by atoms with Crippen molar-refractivity contribution in [2.75, 3.05) is 24.9 Å². The number of benzene rings is 3. The molecule has 1 heterocycles. The van der Waals surface area contributed by atoms with E-state index in [0.717, 1.165) is 22.0 Å². The molecule has 0 atom stereocenters. The number of aromatic nitrogens is 2. The second kappa shape index (κ2) is 9.66. The smallest absolute Gasteiger partial charge is 0.258 e.